The Morgan fingerprint density at radius 3 is 1.00 bits per heavy atom. The molecule has 0 heterocycles. The van der Waals surface area contributed by atoms with Gasteiger partial charge in [0.25, 0.3) is 0 Å². The van der Waals surface area contributed by atoms with Crippen LogP contribution in [0.4, 0.5) is 0 Å². The summed E-state index contributed by atoms with van der Waals surface area (Å²) in [6.07, 6.45) is 0. The van der Waals surface area contributed by atoms with Crippen LogP contribution in [0.1, 0.15) is 0 Å². The summed E-state index contributed by atoms with van der Waals surface area (Å²) in [5.74, 6) is 0. The number of alkyl halides is 3. The van der Waals surface area contributed by atoms with Crippen LogP contribution < -0.4 is 0 Å². The Kier molecular flexibility index (Phi) is 9.05. The van der Waals surface area contributed by atoms with Crippen LogP contribution in [-0.2, 0) is 0 Å². The van der Waals surface area contributed by atoms with Gasteiger partial charge in [-0.2, -0.15) is 0 Å². The van der Waals surface area contributed by atoms with Crippen molar-refractivity contribution in [3.05, 3.63) is 7.43 Å². The van der Waals surface area contributed by atoms with Gasteiger partial charge < -0.3 is 0 Å². The van der Waals surface area contributed by atoms with Gasteiger partial charge in [-0.1, -0.05) is 34.8 Å². The van der Waals surface area contributed by atoms with Crippen LogP contribution in [0, 0.1) is 7.43 Å². The van der Waals surface area contributed by atoms with Crippen molar-refractivity contribution in [1.29, 1.82) is 0 Å². The molecule has 0 aliphatic carbocycles. The highest BCUT2D eigenvalue weighted by Gasteiger charge is 1.78. The monoisotopic (exact) mass is 131 g/mol. The zero-order valence-corrected chi connectivity index (χ0v) is 4.56. The SMILES string of the molecule is ClC(Cl)Cl.[CH]. The number of rotatable bonds is 0. The second-order valence-electron chi connectivity index (χ2n) is 0.247. The number of halogens is 3. The highest BCUT2D eigenvalue weighted by molar-refractivity contribution is 6.63. The van der Waals surface area contributed by atoms with Gasteiger partial charge in [0.15, 0.2) is 4.30 Å². The largest absolute Gasteiger partial charge is 0.180 e. The van der Waals surface area contributed by atoms with Crippen molar-refractivity contribution in [2.75, 3.05) is 0 Å². The molecule has 0 aromatic heterocycles. The van der Waals surface area contributed by atoms with Crippen molar-refractivity contribution in [2.45, 2.75) is 4.30 Å². The zero-order valence-electron chi connectivity index (χ0n) is 2.29. The maximum Gasteiger partial charge on any atom is 0.180 e. The summed E-state index contributed by atoms with van der Waals surface area (Å²) in [5, 5.41) is 0. The van der Waals surface area contributed by atoms with Gasteiger partial charge in [0, 0.05) is 0 Å². The first-order valence-corrected chi connectivity index (χ1v) is 1.96. The van der Waals surface area contributed by atoms with Gasteiger partial charge in [-0.25, -0.2) is 0 Å². The molecule has 0 rings (SSSR count). The Hall–Kier alpha value is 0.870. The number of hydrogen-bond donors (Lipinski definition) is 0. The minimum absolute atomic E-state index is 0. The Balaban J connectivity index is 0. The molecule has 0 nitrogen and oxygen atoms in total. The molecule has 5 heavy (non-hydrogen) atoms. The maximum absolute atomic E-state index is 4.81. The fourth-order valence-electron chi connectivity index (χ4n) is 0. The molecule has 0 aromatic carbocycles. The quantitative estimate of drug-likeness (QED) is 0.443. The lowest BCUT2D eigenvalue weighted by Crippen LogP contribution is -1.55. The van der Waals surface area contributed by atoms with E-state index >= 15 is 0 Å². The third-order valence-electron chi connectivity index (χ3n) is 0. The molecule has 0 saturated heterocycles. The van der Waals surface area contributed by atoms with Crippen LogP contribution in [0.2, 0.25) is 0 Å². The minimum atomic E-state index is -0.750. The highest BCUT2D eigenvalue weighted by atomic mass is 35.6. The fourth-order valence-corrected chi connectivity index (χ4v) is 0. The Morgan fingerprint density at radius 2 is 1.00 bits per heavy atom. The Bertz CT molecular complexity index is 9.61. The van der Waals surface area contributed by atoms with Gasteiger partial charge in [0.05, 0.1) is 0 Å². The van der Waals surface area contributed by atoms with E-state index in [0.29, 0.717) is 0 Å². The fraction of sp³-hybridized carbons (Fsp3) is 0.500. The average Bonchev–Trinajstić information content (AvgIpc) is 0.811. The summed E-state index contributed by atoms with van der Waals surface area (Å²) in [6, 6.07) is 0. The van der Waals surface area contributed by atoms with Crippen LogP contribution >= 0.6 is 34.8 Å². The lowest BCUT2D eigenvalue weighted by Gasteiger charge is -1.69. The van der Waals surface area contributed by atoms with E-state index in [2.05, 4.69) is 0 Å². The zero-order chi connectivity index (χ0) is 3.58. The minimum Gasteiger partial charge on any atom is -0.0874 e. The normalized spacial score (nSPS) is 7.20. The second kappa shape index (κ2) is 4.87. The van der Waals surface area contributed by atoms with Gasteiger partial charge in [-0.3, -0.25) is 0 Å². The predicted molar refractivity (Wildman–Crippen MR) is 25.6 cm³/mol. The third-order valence-corrected chi connectivity index (χ3v) is 0. The molecular weight excluding hydrogens is 130 g/mol. The molecule has 0 aromatic rings. The van der Waals surface area contributed by atoms with E-state index in [-0.39, 0.29) is 7.43 Å². The first-order chi connectivity index (χ1) is 1.73. The van der Waals surface area contributed by atoms with Crippen molar-refractivity contribution in [3.8, 4) is 0 Å². The van der Waals surface area contributed by atoms with Crippen molar-refractivity contribution in [2.24, 2.45) is 0 Å². The molecule has 0 spiro atoms. The second-order valence-corrected chi connectivity index (χ2v) is 2.23. The molecule has 3 heteroatoms. The van der Waals surface area contributed by atoms with E-state index in [1.165, 1.54) is 0 Å². The molecule has 0 amide bonds. The summed E-state index contributed by atoms with van der Waals surface area (Å²) in [5.41, 5.74) is 0. The van der Waals surface area contributed by atoms with E-state index in [4.69, 9.17) is 34.8 Å². The summed E-state index contributed by atoms with van der Waals surface area (Å²) in [7, 11) is 0. The molecule has 0 aliphatic heterocycles. The Labute approximate surface area is 47.0 Å². The van der Waals surface area contributed by atoms with Crippen LogP contribution in [0.25, 0.3) is 0 Å². The van der Waals surface area contributed by atoms with E-state index in [1.807, 2.05) is 0 Å². The van der Waals surface area contributed by atoms with Gasteiger partial charge >= 0.3 is 0 Å². The first-order valence-electron chi connectivity index (χ1n) is 0.655. The topological polar surface area (TPSA) is 0 Å². The van der Waals surface area contributed by atoms with Gasteiger partial charge in [0.1, 0.15) is 0 Å². The van der Waals surface area contributed by atoms with Crippen LogP contribution in [-0.4, -0.2) is 4.30 Å². The van der Waals surface area contributed by atoms with Crippen LogP contribution in [0.3, 0.4) is 0 Å². The standard InChI is InChI=1S/CHCl3.CH/c2-1(3)4;/h1H;1H. The van der Waals surface area contributed by atoms with Gasteiger partial charge in [-0.15, -0.1) is 0 Å². The predicted octanol–water partition coefficient (Wildman–Crippen LogP) is 2.19. The van der Waals surface area contributed by atoms with E-state index in [9.17, 15) is 0 Å². The smallest absolute Gasteiger partial charge is 0.0874 e. The lowest BCUT2D eigenvalue weighted by molar-refractivity contribution is 1.96. The van der Waals surface area contributed by atoms with Crippen molar-refractivity contribution < 1.29 is 0 Å². The summed E-state index contributed by atoms with van der Waals surface area (Å²) >= 11 is 14.4. The van der Waals surface area contributed by atoms with E-state index < -0.39 is 4.30 Å². The molecule has 0 bridgehead atoms. The summed E-state index contributed by atoms with van der Waals surface area (Å²) in [6.45, 7) is 0. The van der Waals surface area contributed by atoms with Crippen molar-refractivity contribution in [3.63, 3.8) is 0 Å². The maximum atomic E-state index is 4.81. The first kappa shape index (κ1) is 9.30. The van der Waals surface area contributed by atoms with Gasteiger partial charge in [0.2, 0.25) is 0 Å². The summed E-state index contributed by atoms with van der Waals surface area (Å²) in [4.78, 5) is 0. The molecular formula is C2H2Cl3. The molecule has 0 aliphatic rings. The molecule has 0 fully saturated rings. The molecule has 0 atom stereocenters. The Morgan fingerprint density at radius 1 is 1.00 bits per heavy atom. The van der Waals surface area contributed by atoms with Crippen LogP contribution in [0.15, 0.2) is 0 Å². The third kappa shape index (κ3) is 53.0. The highest BCUT2D eigenvalue weighted by Crippen LogP contribution is 2.03. The molecule has 0 N–H and O–H groups in total. The molecule has 0 unspecified atom stereocenters. The van der Waals surface area contributed by atoms with E-state index in [1.54, 1.807) is 0 Å². The van der Waals surface area contributed by atoms with Gasteiger partial charge in [-0.05, 0) is 7.43 Å². The van der Waals surface area contributed by atoms with Crippen LogP contribution in [0.5, 0.6) is 0 Å². The lowest BCUT2D eigenvalue weighted by atomic mass is 11.9. The average molecular weight is 132 g/mol. The molecule has 31 valence electrons. The summed E-state index contributed by atoms with van der Waals surface area (Å²) < 4.78 is -0.750. The van der Waals surface area contributed by atoms with Crippen molar-refractivity contribution >= 4 is 34.8 Å². The van der Waals surface area contributed by atoms with Crippen molar-refractivity contribution in [1.82, 2.24) is 0 Å². The molecule has 3 radical (unpaired) electrons. The molecule has 0 saturated carbocycles. The van der Waals surface area contributed by atoms with E-state index in [0.717, 1.165) is 0 Å². The number of hydrogen-bond acceptors (Lipinski definition) is 0.